The van der Waals surface area contributed by atoms with Crippen LogP contribution in [-0.4, -0.2) is 76.4 Å². The van der Waals surface area contributed by atoms with E-state index < -0.39 is 59.7 Å². The molecular weight excluding hydrogens is 546 g/mol. The molecule has 0 radical (unpaired) electrons. The van der Waals surface area contributed by atoms with E-state index in [0.29, 0.717) is 5.56 Å². The van der Waals surface area contributed by atoms with Gasteiger partial charge in [0, 0.05) is 36.5 Å². The Morgan fingerprint density at radius 3 is 2.21 bits per heavy atom. The number of nitrogens with one attached hydrogen (secondary N) is 4. The number of rotatable bonds is 17. The van der Waals surface area contributed by atoms with Crippen molar-refractivity contribution in [3.63, 3.8) is 0 Å². The number of primary amides is 1. The molecule has 15 nitrogen and oxygen atoms in total. The molecule has 4 atom stereocenters. The first-order valence-electron chi connectivity index (χ1n) is 13.6. The van der Waals surface area contributed by atoms with Crippen molar-refractivity contribution in [1.29, 1.82) is 0 Å². The van der Waals surface area contributed by atoms with Crippen LogP contribution in [0.5, 0.6) is 0 Å². The second kappa shape index (κ2) is 16.0. The Morgan fingerprint density at radius 2 is 1.60 bits per heavy atom. The minimum atomic E-state index is -1.29. The monoisotopic (exact) mass is 587 g/mol. The number of carbonyl (C=O) groups excluding carboxylic acids is 4. The number of carboxylic acids is 1. The van der Waals surface area contributed by atoms with Crippen LogP contribution in [0.4, 0.5) is 0 Å². The predicted molar refractivity (Wildman–Crippen MR) is 157 cm³/mol. The van der Waals surface area contributed by atoms with Crippen LogP contribution in [0.15, 0.2) is 35.5 Å². The maximum atomic E-state index is 13.4. The lowest BCUT2D eigenvalue weighted by atomic mass is 10.0. The molecule has 0 aliphatic carbocycles. The van der Waals surface area contributed by atoms with Gasteiger partial charge < -0.3 is 49.0 Å². The van der Waals surface area contributed by atoms with E-state index in [9.17, 15) is 29.1 Å². The number of hydrogen-bond donors (Lipinski definition) is 9. The Hall–Kier alpha value is -4.66. The van der Waals surface area contributed by atoms with Crippen molar-refractivity contribution in [1.82, 2.24) is 20.9 Å². The van der Waals surface area contributed by atoms with E-state index in [1.165, 1.54) is 0 Å². The Balaban J connectivity index is 2.19. The van der Waals surface area contributed by atoms with Gasteiger partial charge in [-0.1, -0.05) is 32.0 Å². The zero-order chi connectivity index (χ0) is 31.4. The highest BCUT2D eigenvalue weighted by atomic mass is 16.4. The van der Waals surface area contributed by atoms with E-state index in [2.05, 4.69) is 25.9 Å². The molecule has 0 bridgehead atoms. The van der Waals surface area contributed by atoms with Crippen LogP contribution in [0, 0.1) is 5.92 Å². The second-order valence-electron chi connectivity index (χ2n) is 10.3. The zero-order valence-electron chi connectivity index (χ0n) is 23.8. The molecule has 4 amide bonds. The average Bonchev–Trinajstić information content (AvgIpc) is 3.33. The van der Waals surface area contributed by atoms with E-state index in [4.69, 9.17) is 22.9 Å². The summed E-state index contributed by atoms with van der Waals surface area (Å²) in [5.41, 5.74) is 23.2. The van der Waals surface area contributed by atoms with Crippen molar-refractivity contribution in [3.8, 4) is 0 Å². The number of benzene rings is 1. The molecule has 0 aliphatic heterocycles. The fourth-order valence-electron chi connectivity index (χ4n) is 4.25. The number of carboxylic acid groups (broad SMARTS) is 1. The molecule has 0 fully saturated rings. The summed E-state index contributed by atoms with van der Waals surface area (Å²) in [7, 11) is 0. The Bertz CT molecular complexity index is 1290. The number of aliphatic imine (C=N–C) groups is 1. The van der Waals surface area contributed by atoms with Gasteiger partial charge in [-0.25, -0.2) is 4.79 Å². The second-order valence-corrected chi connectivity index (χ2v) is 10.3. The van der Waals surface area contributed by atoms with E-state index in [1.807, 2.05) is 24.3 Å². The van der Waals surface area contributed by atoms with Gasteiger partial charge in [0.05, 0.1) is 6.04 Å². The zero-order valence-corrected chi connectivity index (χ0v) is 23.8. The Kier molecular flexibility index (Phi) is 12.7. The van der Waals surface area contributed by atoms with Crippen molar-refractivity contribution >= 4 is 46.5 Å². The van der Waals surface area contributed by atoms with E-state index in [-0.39, 0.29) is 44.6 Å². The van der Waals surface area contributed by atoms with E-state index in [1.54, 1.807) is 20.0 Å². The lowest BCUT2D eigenvalue weighted by molar-refractivity contribution is -0.142. The van der Waals surface area contributed by atoms with Crippen molar-refractivity contribution in [2.45, 2.75) is 70.1 Å². The number of para-hydroxylation sites is 1. The first kappa shape index (κ1) is 33.5. The highest BCUT2D eigenvalue weighted by molar-refractivity contribution is 5.94. The highest BCUT2D eigenvalue weighted by Crippen LogP contribution is 2.19. The molecule has 0 saturated heterocycles. The third kappa shape index (κ3) is 10.4. The molecule has 1 aromatic heterocycles. The summed E-state index contributed by atoms with van der Waals surface area (Å²) in [6, 6.07) is 2.74. The molecule has 230 valence electrons. The molecule has 15 heteroatoms. The number of H-pyrrole nitrogens is 1. The fraction of sp³-hybridized carbons (Fsp3) is 0.481. The van der Waals surface area contributed by atoms with Crippen LogP contribution in [-0.2, 0) is 30.4 Å². The number of carbonyl (C=O) groups is 5. The predicted octanol–water partition coefficient (Wildman–Crippen LogP) is -1.45. The quantitative estimate of drug-likeness (QED) is 0.0594. The van der Waals surface area contributed by atoms with Gasteiger partial charge in [-0.15, -0.1) is 0 Å². The van der Waals surface area contributed by atoms with Crippen LogP contribution in [0.25, 0.3) is 10.9 Å². The lowest BCUT2D eigenvalue weighted by Crippen LogP contribution is -2.58. The normalized spacial score (nSPS) is 13.9. The van der Waals surface area contributed by atoms with Gasteiger partial charge in [0.15, 0.2) is 5.96 Å². The smallest absolute Gasteiger partial charge is 0.326 e. The van der Waals surface area contributed by atoms with Crippen LogP contribution in [0.3, 0.4) is 0 Å². The van der Waals surface area contributed by atoms with E-state index in [0.717, 1.165) is 10.9 Å². The Morgan fingerprint density at radius 1 is 0.929 bits per heavy atom. The number of fused-ring (bicyclic) bond motifs is 1. The number of amides is 4. The summed E-state index contributed by atoms with van der Waals surface area (Å²) in [4.78, 5) is 69.3. The van der Waals surface area contributed by atoms with Crippen LogP contribution in [0.1, 0.15) is 45.1 Å². The first-order valence-corrected chi connectivity index (χ1v) is 13.6. The van der Waals surface area contributed by atoms with E-state index >= 15 is 0 Å². The number of guanidine groups is 1. The summed E-state index contributed by atoms with van der Waals surface area (Å²) >= 11 is 0. The molecule has 2 rings (SSSR count). The standard InChI is InChI=1S/C27H41N9O6/c1-14(2)22(36-23(38)17(28)9-10-21(29)37)25(40)34-19(8-5-11-32-27(30)31)24(39)35-20(26(41)42)12-15-13-33-18-7-4-3-6-16(15)18/h3-4,6-7,13-14,17,19-20,22,33H,5,8-12,28H2,1-2H3,(H2,29,37)(H,34,40)(H,35,39)(H,36,38)(H,41,42)(H4,30,31,32). The minimum absolute atomic E-state index is 0.00354. The SMILES string of the molecule is CC(C)C(NC(=O)C(N)CCC(N)=O)C(=O)NC(CCCN=C(N)N)C(=O)NC(Cc1c[nH]c2ccccc12)C(=O)O. The van der Waals surface area contributed by atoms with Gasteiger partial charge in [-0.3, -0.25) is 24.2 Å². The fourth-order valence-corrected chi connectivity index (χ4v) is 4.25. The minimum Gasteiger partial charge on any atom is -0.480 e. The number of aromatic amines is 1. The maximum absolute atomic E-state index is 13.4. The van der Waals surface area contributed by atoms with Gasteiger partial charge in [-0.2, -0.15) is 0 Å². The van der Waals surface area contributed by atoms with Crippen molar-refractivity contribution < 1.29 is 29.1 Å². The topological polar surface area (TPSA) is 274 Å². The molecule has 1 heterocycles. The molecule has 13 N–H and O–H groups in total. The maximum Gasteiger partial charge on any atom is 0.326 e. The summed E-state index contributed by atoms with van der Waals surface area (Å²) in [6.45, 7) is 3.54. The molecular formula is C27H41N9O6. The largest absolute Gasteiger partial charge is 0.480 e. The summed E-state index contributed by atoms with van der Waals surface area (Å²) in [5, 5.41) is 18.4. The molecule has 0 spiro atoms. The molecule has 1 aromatic carbocycles. The van der Waals surface area contributed by atoms with Gasteiger partial charge in [0.25, 0.3) is 0 Å². The first-order chi connectivity index (χ1) is 19.8. The molecule has 4 unspecified atom stereocenters. The summed E-state index contributed by atoms with van der Waals surface area (Å²) < 4.78 is 0. The van der Waals surface area contributed by atoms with Gasteiger partial charge in [-0.05, 0) is 36.8 Å². The number of aromatic nitrogens is 1. The molecule has 2 aromatic rings. The third-order valence-electron chi connectivity index (χ3n) is 6.58. The number of aliphatic carboxylic acids is 1. The van der Waals surface area contributed by atoms with Gasteiger partial charge in [0.2, 0.25) is 23.6 Å². The summed E-state index contributed by atoms with van der Waals surface area (Å²) in [5.74, 6) is -4.48. The van der Waals surface area contributed by atoms with Crippen molar-refractivity contribution in [2.75, 3.05) is 6.54 Å². The Labute approximate surface area is 243 Å². The number of hydrogen-bond acceptors (Lipinski definition) is 7. The molecule has 0 aliphatic rings. The highest BCUT2D eigenvalue weighted by Gasteiger charge is 2.32. The molecule has 0 saturated carbocycles. The van der Waals surface area contributed by atoms with Gasteiger partial charge in [0.1, 0.15) is 18.1 Å². The van der Waals surface area contributed by atoms with Crippen molar-refractivity contribution in [3.05, 3.63) is 36.0 Å². The van der Waals surface area contributed by atoms with Crippen LogP contribution >= 0.6 is 0 Å². The lowest BCUT2D eigenvalue weighted by Gasteiger charge is -2.27. The average molecular weight is 588 g/mol. The number of nitrogens with zero attached hydrogens (tertiary/aromatic N) is 1. The van der Waals surface area contributed by atoms with Gasteiger partial charge >= 0.3 is 5.97 Å². The van der Waals surface area contributed by atoms with Crippen LogP contribution in [0.2, 0.25) is 0 Å². The van der Waals surface area contributed by atoms with Crippen molar-refractivity contribution in [2.24, 2.45) is 33.8 Å². The van der Waals surface area contributed by atoms with Crippen LogP contribution < -0.4 is 38.9 Å². The molecule has 42 heavy (non-hydrogen) atoms. The third-order valence-corrected chi connectivity index (χ3v) is 6.58. The summed E-state index contributed by atoms with van der Waals surface area (Å²) in [6.07, 6.45) is 1.93. The number of nitrogens with two attached hydrogens (primary N) is 4.